The quantitative estimate of drug-likeness (QED) is 0.425. The molecule has 2 heterocycles. The lowest BCUT2D eigenvalue weighted by Gasteiger charge is -2.40. The highest BCUT2D eigenvalue weighted by Gasteiger charge is 2.32. The van der Waals surface area contributed by atoms with E-state index in [1.165, 1.54) is 0 Å². The van der Waals surface area contributed by atoms with Crippen molar-refractivity contribution < 1.29 is 9.59 Å². The molecular formula is C30H32Cl2N4O2. The van der Waals surface area contributed by atoms with Crippen molar-refractivity contribution in [3.8, 4) is 0 Å². The fourth-order valence-electron chi connectivity index (χ4n) is 5.43. The summed E-state index contributed by atoms with van der Waals surface area (Å²) in [6, 6.07) is 25.7. The molecule has 0 radical (unpaired) electrons. The highest BCUT2D eigenvalue weighted by atomic mass is 35.5. The molecule has 0 spiro atoms. The molecule has 2 atom stereocenters. The van der Waals surface area contributed by atoms with Crippen LogP contribution in [0.5, 0.6) is 0 Å². The Bertz CT molecular complexity index is 1260. The van der Waals surface area contributed by atoms with E-state index in [9.17, 15) is 9.59 Å². The van der Waals surface area contributed by atoms with Crippen LogP contribution in [0.3, 0.4) is 0 Å². The molecule has 1 N–H and O–H groups in total. The van der Waals surface area contributed by atoms with Gasteiger partial charge in [0.2, 0.25) is 5.91 Å². The number of carbonyl (C=O) groups is 2. The van der Waals surface area contributed by atoms with Gasteiger partial charge in [0.15, 0.2) is 0 Å². The minimum atomic E-state index is -0.0735. The summed E-state index contributed by atoms with van der Waals surface area (Å²) < 4.78 is 0. The second kappa shape index (κ2) is 12.2. The number of nitrogens with one attached hydrogen (secondary N) is 1. The van der Waals surface area contributed by atoms with Crippen LogP contribution in [-0.2, 0) is 11.3 Å². The maximum Gasteiger partial charge on any atom is 0.317 e. The highest BCUT2D eigenvalue weighted by Crippen LogP contribution is 2.35. The first-order valence-electron chi connectivity index (χ1n) is 13.1. The maximum absolute atomic E-state index is 13.0. The zero-order valence-electron chi connectivity index (χ0n) is 21.2. The molecule has 2 fully saturated rings. The third-order valence-corrected chi connectivity index (χ3v) is 7.96. The van der Waals surface area contributed by atoms with Crippen LogP contribution in [0.25, 0.3) is 0 Å². The number of urea groups is 1. The smallest absolute Gasteiger partial charge is 0.317 e. The van der Waals surface area contributed by atoms with Gasteiger partial charge in [0.1, 0.15) is 0 Å². The lowest BCUT2D eigenvalue weighted by molar-refractivity contribution is -0.128. The summed E-state index contributed by atoms with van der Waals surface area (Å²) in [6.07, 6.45) is 0.472. The molecule has 0 unspecified atom stereocenters. The number of nitrogens with zero attached hydrogens (tertiary/aromatic N) is 3. The molecule has 0 aromatic heterocycles. The summed E-state index contributed by atoms with van der Waals surface area (Å²) in [5.74, 6) is 0.275. The van der Waals surface area contributed by atoms with Crippen LogP contribution in [-0.4, -0.2) is 65.9 Å². The molecule has 3 amide bonds. The monoisotopic (exact) mass is 550 g/mol. The molecule has 3 aromatic rings. The Kier molecular flexibility index (Phi) is 8.52. The molecule has 2 aliphatic rings. The summed E-state index contributed by atoms with van der Waals surface area (Å²) in [5.41, 5.74) is 3.23. The predicted octanol–water partition coefficient (Wildman–Crippen LogP) is 5.46. The van der Waals surface area contributed by atoms with Gasteiger partial charge in [0, 0.05) is 68.2 Å². The third-order valence-electron chi connectivity index (χ3n) is 7.38. The number of piperazine rings is 1. The fourth-order valence-corrected chi connectivity index (χ4v) is 5.87. The van der Waals surface area contributed by atoms with Gasteiger partial charge in [-0.05, 0) is 34.9 Å². The average molecular weight is 552 g/mol. The Hall–Kier alpha value is -3.06. The Morgan fingerprint density at radius 1 is 0.921 bits per heavy atom. The van der Waals surface area contributed by atoms with Crippen LogP contribution in [0.4, 0.5) is 4.79 Å². The number of benzene rings is 3. The van der Waals surface area contributed by atoms with Crippen molar-refractivity contribution in [2.24, 2.45) is 5.92 Å². The van der Waals surface area contributed by atoms with Gasteiger partial charge in [-0.3, -0.25) is 9.69 Å². The molecule has 5 rings (SSSR count). The predicted molar refractivity (Wildman–Crippen MR) is 151 cm³/mol. The van der Waals surface area contributed by atoms with Gasteiger partial charge in [-0.15, -0.1) is 0 Å². The summed E-state index contributed by atoms with van der Waals surface area (Å²) in [4.78, 5) is 31.6. The second-order valence-electron chi connectivity index (χ2n) is 10.0. The number of likely N-dealkylation sites (tertiary alicyclic amines) is 1. The van der Waals surface area contributed by atoms with Crippen molar-refractivity contribution in [3.63, 3.8) is 0 Å². The van der Waals surface area contributed by atoms with Crippen LogP contribution in [0.15, 0.2) is 78.9 Å². The van der Waals surface area contributed by atoms with Crippen molar-refractivity contribution in [2.45, 2.75) is 19.0 Å². The van der Waals surface area contributed by atoms with Gasteiger partial charge in [0.25, 0.3) is 0 Å². The average Bonchev–Trinajstić information content (AvgIpc) is 3.28. The van der Waals surface area contributed by atoms with Gasteiger partial charge in [-0.1, -0.05) is 83.9 Å². The van der Waals surface area contributed by atoms with Crippen LogP contribution in [0, 0.1) is 5.92 Å². The molecule has 198 valence electrons. The molecule has 0 aliphatic carbocycles. The second-order valence-corrected chi connectivity index (χ2v) is 10.9. The first kappa shape index (κ1) is 26.5. The molecular weight excluding hydrogens is 519 g/mol. The molecule has 2 saturated heterocycles. The van der Waals surface area contributed by atoms with Crippen molar-refractivity contribution in [2.75, 3.05) is 39.3 Å². The van der Waals surface area contributed by atoms with E-state index in [1.54, 1.807) is 0 Å². The van der Waals surface area contributed by atoms with Crippen LogP contribution in [0.2, 0.25) is 10.0 Å². The molecule has 2 aliphatic heterocycles. The number of halogens is 2. The van der Waals surface area contributed by atoms with Crippen molar-refractivity contribution >= 4 is 35.1 Å². The van der Waals surface area contributed by atoms with E-state index in [-0.39, 0.29) is 23.9 Å². The minimum Gasteiger partial charge on any atom is -0.338 e. The number of hydrogen-bond donors (Lipinski definition) is 1. The molecule has 6 nitrogen and oxygen atoms in total. The lowest BCUT2D eigenvalue weighted by atomic mass is 9.96. The van der Waals surface area contributed by atoms with Gasteiger partial charge < -0.3 is 15.1 Å². The zero-order valence-corrected chi connectivity index (χ0v) is 22.7. The van der Waals surface area contributed by atoms with Gasteiger partial charge >= 0.3 is 6.03 Å². The van der Waals surface area contributed by atoms with Crippen molar-refractivity contribution in [1.82, 2.24) is 20.0 Å². The number of carbonyl (C=O) groups excluding carboxylic acids is 2. The lowest BCUT2D eigenvalue weighted by Crippen LogP contribution is -2.53. The SMILES string of the molecule is O=C1C[C@H](CNC(=O)N2CCN([C@H](c3cccc(Cl)c3)c3ccccc3Cl)CC2)CN1Cc1ccccc1. The van der Waals surface area contributed by atoms with Gasteiger partial charge in [-0.25, -0.2) is 4.79 Å². The normalized spacial score (nSPS) is 19.0. The van der Waals surface area contributed by atoms with E-state index < -0.39 is 0 Å². The highest BCUT2D eigenvalue weighted by molar-refractivity contribution is 6.31. The van der Waals surface area contributed by atoms with Crippen molar-refractivity contribution in [1.29, 1.82) is 0 Å². The van der Waals surface area contributed by atoms with Crippen LogP contribution < -0.4 is 5.32 Å². The van der Waals surface area contributed by atoms with Crippen molar-refractivity contribution in [3.05, 3.63) is 106 Å². The first-order chi connectivity index (χ1) is 18.5. The number of hydrogen-bond acceptors (Lipinski definition) is 3. The van der Waals surface area contributed by atoms with Crippen LogP contribution in [0.1, 0.15) is 29.2 Å². The van der Waals surface area contributed by atoms with E-state index in [0.29, 0.717) is 62.3 Å². The zero-order chi connectivity index (χ0) is 26.5. The standard InChI is InChI=1S/C30H32Cl2N4O2/c31-25-10-6-9-24(18-25)29(26-11-4-5-12-27(26)32)34-13-15-35(16-14-34)30(38)33-19-23-17-28(37)36(21-23)20-22-7-2-1-3-8-22/h1-12,18,23,29H,13-17,19-21H2,(H,33,38)/t23-,29-/m1/s1. The van der Waals surface area contributed by atoms with Crippen LogP contribution >= 0.6 is 23.2 Å². The molecule has 0 saturated carbocycles. The molecule has 3 aromatic carbocycles. The molecule has 0 bridgehead atoms. The Labute approximate surface area is 234 Å². The largest absolute Gasteiger partial charge is 0.338 e. The topological polar surface area (TPSA) is 55.9 Å². The summed E-state index contributed by atoms with van der Waals surface area (Å²) in [7, 11) is 0. The fraction of sp³-hybridized carbons (Fsp3) is 0.333. The van der Waals surface area contributed by atoms with Gasteiger partial charge in [-0.2, -0.15) is 0 Å². The first-order valence-corrected chi connectivity index (χ1v) is 13.8. The number of amides is 3. The van der Waals surface area contributed by atoms with E-state index in [2.05, 4.69) is 22.3 Å². The van der Waals surface area contributed by atoms with E-state index >= 15 is 0 Å². The summed E-state index contributed by atoms with van der Waals surface area (Å²) in [6.45, 7) is 4.42. The third kappa shape index (κ3) is 6.32. The van der Waals surface area contributed by atoms with E-state index in [1.807, 2.05) is 76.5 Å². The summed E-state index contributed by atoms with van der Waals surface area (Å²) in [5, 5.41) is 4.47. The maximum atomic E-state index is 13.0. The Morgan fingerprint density at radius 3 is 2.39 bits per heavy atom. The summed E-state index contributed by atoms with van der Waals surface area (Å²) >= 11 is 12.9. The Balaban J connectivity index is 1.16. The minimum absolute atomic E-state index is 0.0484. The molecule has 8 heteroatoms. The molecule has 38 heavy (non-hydrogen) atoms. The number of rotatable bonds is 7. The van der Waals surface area contributed by atoms with E-state index in [4.69, 9.17) is 23.2 Å². The van der Waals surface area contributed by atoms with E-state index in [0.717, 1.165) is 16.7 Å². The van der Waals surface area contributed by atoms with Gasteiger partial charge in [0.05, 0.1) is 6.04 Å². The Morgan fingerprint density at radius 2 is 1.66 bits per heavy atom.